The molecule has 0 saturated heterocycles. The van der Waals surface area contributed by atoms with Gasteiger partial charge in [0.1, 0.15) is 22.3 Å². The average molecular weight is 523 g/mol. The standard InChI is InChI=1S/C28H29FN3O4S/c1-27(2,3)36-25(33)13-8-18-28(21-10-5-4-6-11-21)31-30-26(20-9-7-12-22(29)19-20)37(28)24-16-14-23(15-17-24)32(34)35/h4-7,9-12,14-17,19,31H,8,13,18H2,1-3H3/q+1. The smallest absolute Gasteiger partial charge is 0.306 e. The first-order valence-corrected chi connectivity index (χ1v) is 13.2. The fourth-order valence-electron chi connectivity index (χ4n) is 4.28. The maximum atomic E-state index is 14.2. The fraction of sp³-hybridized carbons (Fsp3) is 0.286. The van der Waals surface area contributed by atoms with Crippen LogP contribution in [0.2, 0.25) is 0 Å². The van der Waals surface area contributed by atoms with Gasteiger partial charge in [-0.1, -0.05) is 36.4 Å². The molecular formula is C28H29FN3O4S+. The molecule has 0 bridgehead atoms. The zero-order chi connectivity index (χ0) is 26.6. The average Bonchev–Trinajstić information content (AvgIpc) is 3.24. The molecule has 0 radical (unpaired) electrons. The predicted octanol–water partition coefficient (Wildman–Crippen LogP) is 6.04. The van der Waals surface area contributed by atoms with E-state index in [1.54, 1.807) is 24.3 Å². The number of esters is 1. The molecule has 0 saturated carbocycles. The van der Waals surface area contributed by atoms with Crippen molar-refractivity contribution in [2.75, 3.05) is 0 Å². The van der Waals surface area contributed by atoms with Crippen LogP contribution in [0, 0.1) is 15.9 Å². The molecule has 7 nitrogen and oxygen atoms in total. The Bertz CT molecular complexity index is 1310. The van der Waals surface area contributed by atoms with Gasteiger partial charge in [-0.2, -0.15) is 0 Å². The van der Waals surface area contributed by atoms with Crippen LogP contribution >= 0.6 is 0 Å². The van der Waals surface area contributed by atoms with Crippen LogP contribution in [0.15, 0.2) is 88.9 Å². The maximum absolute atomic E-state index is 14.2. The van der Waals surface area contributed by atoms with E-state index >= 15 is 0 Å². The zero-order valence-corrected chi connectivity index (χ0v) is 21.8. The van der Waals surface area contributed by atoms with E-state index in [0.29, 0.717) is 23.4 Å². The Balaban J connectivity index is 1.77. The number of hydrogen-bond donors (Lipinski definition) is 1. The Morgan fingerprint density at radius 3 is 2.41 bits per heavy atom. The number of nitrogens with one attached hydrogen (secondary N) is 1. The van der Waals surface area contributed by atoms with E-state index in [1.165, 1.54) is 24.3 Å². The highest BCUT2D eigenvalue weighted by molar-refractivity contribution is 8.12. The number of nitrogens with zero attached hydrogens (tertiary/aromatic N) is 2. The molecule has 9 heteroatoms. The minimum absolute atomic E-state index is 0.0148. The van der Waals surface area contributed by atoms with Gasteiger partial charge in [-0.05, 0) is 45.4 Å². The molecule has 37 heavy (non-hydrogen) atoms. The number of halogens is 1. The van der Waals surface area contributed by atoms with Crippen LogP contribution in [0.1, 0.15) is 51.2 Å². The Hall–Kier alpha value is -3.72. The van der Waals surface area contributed by atoms with Crippen LogP contribution in [0.3, 0.4) is 0 Å². The van der Waals surface area contributed by atoms with E-state index in [9.17, 15) is 19.3 Å². The molecule has 0 aliphatic carbocycles. The van der Waals surface area contributed by atoms with Gasteiger partial charge in [0.05, 0.1) is 10.5 Å². The van der Waals surface area contributed by atoms with Gasteiger partial charge in [0.25, 0.3) is 15.6 Å². The Morgan fingerprint density at radius 2 is 1.78 bits per heavy atom. The van der Waals surface area contributed by atoms with Gasteiger partial charge in [0, 0.05) is 42.7 Å². The number of nitro groups is 1. The van der Waals surface area contributed by atoms with Crippen molar-refractivity contribution in [3.05, 3.63) is 106 Å². The van der Waals surface area contributed by atoms with Crippen molar-refractivity contribution in [1.29, 1.82) is 0 Å². The van der Waals surface area contributed by atoms with Crippen molar-refractivity contribution < 1.29 is 18.8 Å². The predicted molar refractivity (Wildman–Crippen MR) is 143 cm³/mol. The Morgan fingerprint density at radius 1 is 1.08 bits per heavy atom. The number of nitro benzene ring substituents is 1. The highest BCUT2D eigenvalue weighted by atomic mass is 32.2. The summed E-state index contributed by atoms with van der Waals surface area (Å²) in [5, 5.41) is 16.7. The van der Waals surface area contributed by atoms with Crippen LogP contribution in [0.5, 0.6) is 0 Å². The minimum atomic E-state index is -0.793. The summed E-state index contributed by atoms with van der Waals surface area (Å²) in [7, 11) is -0.793. The molecule has 4 rings (SSSR count). The SMILES string of the molecule is CC(C)(C)OC(=O)CCCC1(c2ccccc2)NN=C(c2cccc(F)c2)[S+]1c1ccc([N+](=O)[O-])cc1. The molecule has 2 unspecified atom stereocenters. The van der Waals surface area contributed by atoms with Crippen molar-refractivity contribution in [2.24, 2.45) is 5.10 Å². The molecule has 1 aliphatic rings. The maximum Gasteiger partial charge on any atom is 0.306 e. The molecular weight excluding hydrogens is 493 g/mol. The molecule has 3 aromatic rings. The summed E-state index contributed by atoms with van der Waals surface area (Å²) in [4.78, 5) is 23.4. The van der Waals surface area contributed by atoms with E-state index in [0.717, 1.165) is 10.5 Å². The molecule has 0 fully saturated rings. The van der Waals surface area contributed by atoms with Crippen LogP contribution in [-0.4, -0.2) is 21.5 Å². The van der Waals surface area contributed by atoms with Gasteiger partial charge in [-0.25, -0.2) is 4.39 Å². The van der Waals surface area contributed by atoms with Gasteiger partial charge < -0.3 is 4.74 Å². The summed E-state index contributed by atoms with van der Waals surface area (Å²) >= 11 is 0. The van der Waals surface area contributed by atoms with Crippen LogP contribution in [-0.2, 0) is 25.3 Å². The third-order valence-electron chi connectivity index (χ3n) is 5.80. The number of ether oxygens (including phenoxy) is 1. The monoisotopic (exact) mass is 522 g/mol. The van der Waals surface area contributed by atoms with Crippen LogP contribution in [0.4, 0.5) is 10.1 Å². The van der Waals surface area contributed by atoms with Crippen molar-refractivity contribution in [3.63, 3.8) is 0 Å². The zero-order valence-electron chi connectivity index (χ0n) is 20.9. The summed E-state index contributed by atoms with van der Waals surface area (Å²) in [5.41, 5.74) is 4.35. The van der Waals surface area contributed by atoms with Crippen LogP contribution < -0.4 is 5.43 Å². The number of benzene rings is 3. The third-order valence-corrected chi connectivity index (χ3v) is 8.49. The first kappa shape index (κ1) is 26.3. The van der Waals surface area contributed by atoms with Gasteiger partial charge in [0.2, 0.25) is 0 Å². The van der Waals surface area contributed by atoms with Gasteiger partial charge >= 0.3 is 5.97 Å². The second kappa shape index (κ2) is 10.7. The van der Waals surface area contributed by atoms with Gasteiger partial charge in [-0.15, -0.1) is 5.10 Å². The molecule has 1 aliphatic heterocycles. The Labute approximate surface area is 218 Å². The molecule has 1 N–H and O–H groups in total. The van der Waals surface area contributed by atoms with E-state index < -0.39 is 26.3 Å². The summed E-state index contributed by atoms with van der Waals surface area (Å²) in [6.45, 7) is 5.50. The second-order valence-electron chi connectivity index (χ2n) is 9.73. The van der Waals surface area contributed by atoms with Crippen LogP contribution in [0.25, 0.3) is 0 Å². The van der Waals surface area contributed by atoms with Crippen molar-refractivity contribution in [2.45, 2.75) is 55.4 Å². The lowest BCUT2D eigenvalue weighted by molar-refractivity contribution is -0.384. The minimum Gasteiger partial charge on any atom is -0.460 e. The van der Waals surface area contributed by atoms with E-state index in [1.807, 2.05) is 51.1 Å². The molecule has 0 spiro atoms. The molecule has 0 aromatic heterocycles. The molecule has 2 atom stereocenters. The summed E-state index contributed by atoms with van der Waals surface area (Å²) < 4.78 is 19.7. The molecule has 3 aromatic carbocycles. The highest BCUT2D eigenvalue weighted by Crippen LogP contribution is 2.45. The first-order chi connectivity index (χ1) is 17.6. The van der Waals surface area contributed by atoms with Gasteiger partial charge in [-0.3, -0.25) is 20.3 Å². The summed E-state index contributed by atoms with van der Waals surface area (Å²) in [5.74, 6) is -0.662. The van der Waals surface area contributed by atoms with E-state index in [4.69, 9.17) is 9.84 Å². The fourth-order valence-corrected chi connectivity index (χ4v) is 7.01. The number of rotatable bonds is 8. The normalized spacial score (nSPS) is 19.1. The van der Waals surface area contributed by atoms with E-state index in [2.05, 4.69) is 5.43 Å². The quantitative estimate of drug-likeness (QED) is 0.168. The number of carbonyl (C=O) groups excluding carboxylic acids is 1. The molecule has 0 amide bonds. The van der Waals surface area contributed by atoms with Gasteiger partial charge in [0.15, 0.2) is 4.90 Å². The number of carbonyl (C=O) groups is 1. The van der Waals surface area contributed by atoms with Crippen molar-refractivity contribution in [1.82, 2.24) is 5.43 Å². The second-order valence-corrected chi connectivity index (χ2v) is 11.9. The molecule has 1 heterocycles. The number of hydrogen-bond acceptors (Lipinski definition) is 6. The van der Waals surface area contributed by atoms with E-state index in [-0.39, 0.29) is 23.9 Å². The van der Waals surface area contributed by atoms with Crippen molar-refractivity contribution >= 4 is 27.6 Å². The first-order valence-electron chi connectivity index (χ1n) is 12.0. The topological polar surface area (TPSA) is 93.8 Å². The third kappa shape index (κ3) is 5.99. The molecule has 192 valence electrons. The van der Waals surface area contributed by atoms with Crippen molar-refractivity contribution in [3.8, 4) is 0 Å². The highest BCUT2D eigenvalue weighted by Gasteiger charge is 2.58. The lowest BCUT2D eigenvalue weighted by atomic mass is 10.0. The summed E-state index contributed by atoms with van der Waals surface area (Å²) in [6.07, 6.45) is 1.26. The Kier molecular flexibility index (Phi) is 7.63. The largest absolute Gasteiger partial charge is 0.460 e. The lowest BCUT2D eigenvalue weighted by Crippen LogP contribution is -2.44. The number of hydrazone groups is 1. The summed E-state index contributed by atoms with van der Waals surface area (Å²) in [6, 6.07) is 22.4. The lowest BCUT2D eigenvalue weighted by Gasteiger charge is -2.28. The number of non-ortho nitro benzene ring substituents is 1.